The van der Waals surface area contributed by atoms with Crippen LogP contribution in [-0.4, -0.2) is 53.1 Å². The van der Waals surface area contributed by atoms with Gasteiger partial charge in [0.15, 0.2) is 5.96 Å². The molecule has 0 radical (unpaired) electrons. The van der Waals surface area contributed by atoms with Crippen molar-refractivity contribution in [2.24, 2.45) is 4.99 Å². The number of rotatable bonds is 9. The third-order valence-electron chi connectivity index (χ3n) is 3.41. The van der Waals surface area contributed by atoms with E-state index in [-0.39, 0.29) is 29.7 Å². The van der Waals surface area contributed by atoms with Gasteiger partial charge in [-0.15, -0.1) is 24.0 Å². The lowest BCUT2D eigenvalue weighted by Crippen LogP contribution is -2.38. The zero-order valence-electron chi connectivity index (χ0n) is 15.5. The third kappa shape index (κ3) is 10.5. The van der Waals surface area contributed by atoms with Gasteiger partial charge in [0.25, 0.3) is 0 Å². The van der Waals surface area contributed by atoms with Crippen LogP contribution in [0.1, 0.15) is 24.5 Å². The average molecular weight is 483 g/mol. The van der Waals surface area contributed by atoms with Crippen LogP contribution in [0.2, 0.25) is 0 Å². The molecule has 6 nitrogen and oxygen atoms in total. The number of guanidine groups is 1. The van der Waals surface area contributed by atoms with E-state index >= 15 is 0 Å². The van der Waals surface area contributed by atoms with E-state index in [0.29, 0.717) is 18.9 Å². The summed E-state index contributed by atoms with van der Waals surface area (Å²) >= 11 is 0. The van der Waals surface area contributed by atoms with Crippen LogP contribution in [0.5, 0.6) is 5.75 Å². The number of benzene rings is 1. The first-order valence-electron chi connectivity index (χ1n) is 8.19. The molecule has 0 saturated carbocycles. The summed E-state index contributed by atoms with van der Waals surface area (Å²) in [6.07, 6.45) is 2.59. The van der Waals surface area contributed by atoms with Gasteiger partial charge >= 0.3 is 0 Å². The van der Waals surface area contributed by atoms with Crippen molar-refractivity contribution < 1.29 is 13.2 Å². The summed E-state index contributed by atoms with van der Waals surface area (Å²) in [6, 6.07) is 6.13. The number of hydrogen-bond donors (Lipinski definition) is 2. The van der Waals surface area contributed by atoms with E-state index in [1.807, 2.05) is 19.1 Å². The minimum absolute atomic E-state index is 0. The number of methoxy groups -OCH3 is 1. The van der Waals surface area contributed by atoms with Crippen LogP contribution >= 0.6 is 24.0 Å². The van der Waals surface area contributed by atoms with Gasteiger partial charge in [0.1, 0.15) is 15.6 Å². The zero-order valence-corrected chi connectivity index (χ0v) is 18.6. The molecule has 0 atom stereocenters. The molecule has 25 heavy (non-hydrogen) atoms. The molecule has 0 fully saturated rings. The van der Waals surface area contributed by atoms with Crippen LogP contribution in [0.25, 0.3) is 0 Å². The highest BCUT2D eigenvalue weighted by molar-refractivity contribution is 14.0. The summed E-state index contributed by atoms with van der Waals surface area (Å²) in [6.45, 7) is 6.01. The van der Waals surface area contributed by atoms with E-state index in [0.717, 1.165) is 30.8 Å². The van der Waals surface area contributed by atoms with E-state index in [1.165, 1.54) is 11.8 Å². The summed E-state index contributed by atoms with van der Waals surface area (Å²) in [7, 11) is -1.25. The molecule has 0 amide bonds. The predicted octanol–water partition coefficient (Wildman–Crippen LogP) is 2.15. The molecule has 144 valence electrons. The molecular weight excluding hydrogens is 453 g/mol. The molecule has 1 aromatic rings. The molecule has 1 aromatic carbocycles. The summed E-state index contributed by atoms with van der Waals surface area (Å²) in [5.41, 5.74) is 2.35. The predicted molar refractivity (Wildman–Crippen MR) is 115 cm³/mol. The molecule has 0 saturated heterocycles. The Morgan fingerprint density at radius 2 is 2.00 bits per heavy atom. The summed E-state index contributed by atoms with van der Waals surface area (Å²) in [5, 5.41) is 6.44. The van der Waals surface area contributed by atoms with Crippen LogP contribution < -0.4 is 15.4 Å². The molecule has 8 heteroatoms. The van der Waals surface area contributed by atoms with Crippen molar-refractivity contribution in [3.63, 3.8) is 0 Å². The Hall–Kier alpha value is -1.03. The number of nitrogens with one attached hydrogen (secondary N) is 2. The van der Waals surface area contributed by atoms with E-state index in [9.17, 15) is 8.42 Å². The average Bonchev–Trinajstić information content (AvgIpc) is 2.50. The van der Waals surface area contributed by atoms with Crippen molar-refractivity contribution in [2.75, 3.05) is 38.8 Å². The minimum atomic E-state index is -2.92. The molecule has 2 N–H and O–H groups in total. The van der Waals surface area contributed by atoms with Crippen LogP contribution in [0.4, 0.5) is 0 Å². The fourth-order valence-electron chi connectivity index (χ4n) is 2.28. The molecule has 0 aliphatic heterocycles. The van der Waals surface area contributed by atoms with Crippen molar-refractivity contribution in [3.8, 4) is 5.75 Å². The second-order valence-electron chi connectivity index (χ2n) is 5.74. The number of aryl methyl sites for hydroxylation is 1. The molecule has 0 aliphatic rings. The van der Waals surface area contributed by atoms with Crippen molar-refractivity contribution >= 4 is 39.8 Å². The Morgan fingerprint density at radius 3 is 2.60 bits per heavy atom. The van der Waals surface area contributed by atoms with E-state index in [4.69, 9.17) is 4.74 Å². The van der Waals surface area contributed by atoms with Crippen LogP contribution in [0.3, 0.4) is 0 Å². The highest BCUT2D eigenvalue weighted by Gasteiger charge is 2.05. The molecular formula is C17H30IN3O3S. The number of ether oxygens (including phenoxy) is 1. The second kappa shape index (κ2) is 12.3. The number of nitrogens with zero attached hydrogens (tertiary/aromatic N) is 1. The minimum Gasteiger partial charge on any atom is -0.496 e. The van der Waals surface area contributed by atoms with Gasteiger partial charge in [-0.25, -0.2) is 8.42 Å². The highest BCUT2D eigenvalue weighted by Crippen LogP contribution is 2.19. The largest absolute Gasteiger partial charge is 0.496 e. The first-order valence-corrected chi connectivity index (χ1v) is 10.2. The molecule has 0 aromatic heterocycles. The van der Waals surface area contributed by atoms with Crippen LogP contribution in [0, 0.1) is 6.92 Å². The van der Waals surface area contributed by atoms with Crippen molar-refractivity contribution in [1.29, 1.82) is 0 Å². The Balaban J connectivity index is 0.00000576. The molecule has 0 heterocycles. The van der Waals surface area contributed by atoms with Crippen LogP contribution in [0.15, 0.2) is 23.2 Å². The monoisotopic (exact) mass is 483 g/mol. The van der Waals surface area contributed by atoms with Gasteiger partial charge in [0.05, 0.1) is 12.9 Å². The van der Waals surface area contributed by atoms with Crippen molar-refractivity contribution in [3.05, 3.63) is 29.3 Å². The number of halogens is 1. The van der Waals surface area contributed by atoms with Gasteiger partial charge in [-0.05, 0) is 38.3 Å². The highest BCUT2D eigenvalue weighted by atomic mass is 127. The van der Waals surface area contributed by atoms with E-state index in [2.05, 4.69) is 28.6 Å². The summed E-state index contributed by atoms with van der Waals surface area (Å²) in [4.78, 5) is 4.41. The SMILES string of the molecule is CCNC(=NCCCS(C)(=O)=O)NCCc1cc(C)ccc1OC.I. The first-order chi connectivity index (χ1) is 11.4. The van der Waals surface area contributed by atoms with Crippen molar-refractivity contribution in [1.82, 2.24) is 10.6 Å². The summed E-state index contributed by atoms with van der Waals surface area (Å²) < 4.78 is 27.6. The van der Waals surface area contributed by atoms with Gasteiger partial charge in [0, 0.05) is 25.9 Å². The lowest BCUT2D eigenvalue weighted by atomic mass is 10.1. The Bertz CT molecular complexity index is 649. The van der Waals surface area contributed by atoms with Gasteiger partial charge in [0.2, 0.25) is 0 Å². The molecule has 0 bridgehead atoms. The Kier molecular flexibility index (Phi) is 11.8. The molecule has 0 aliphatic carbocycles. The maximum Gasteiger partial charge on any atom is 0.191 e. The Labute approximate surface area is 168 Å². The number of aliphatic imine (C=N–C) groups is 1. The Morgan fingerprint density at radius 1 is 1.28 bits per heavy atom. The topological polar surface area (TPSA) is 79.8 Å². The maximum atomic E-state index is 11.1. The number of sulfone groups is 1. The standard InChI is InChI=1S/C17H29N3O3S.HI/c1-5-18-17(19-10-6-12-24(4,21)22)20-11-9-15-13-14(2)7-8-16(15)23-3;/h7-8,13H,5-6,9-12H2,1-4H3,(H2,18,19,20);1H. The van der Waals surface area contributed by atoms with Gasteiger partial charge in [-0.3, -0.25) is 4.99 Å². The summed E-state index contributed by atoms with van der Waals surface area (Å²) in [5.74, 6) is 1.76. The quantitative estimate of drug-likeness (QED) is 0.244. The van der Waals surface area contributed by atoms with Crippen molar-refractivity contribution in [2.45, 2.75) is 26.7 Å². The van der Waals surface area contributed by atoms with Crippen LogP contribution in [-0.2, 0) is 16.3 Å². The normalized spacial score (nSPS) is 11.6. The smallest absolute Gasteiger partial charge is 0.191 e. The molecule has 0 unspecified atom stereocenters. The first kappa shape index (κ1) is 24.0. The lowest BCUT2D eigenvalue weighted by molar-refractivity contribution is 0.409. The number of hydrogen-bond acceptors (Lipinski definition) is 4. The maximum absolute atomic E-state index is 11.1. The van der Waals surface area contributed by atoms with E-state index < -0.39 is 9.84 Å². The fourth-order valence-corrected chi connectivity index (χ4v) is 2.93. The van der Waals surface area contributed by atoms with Gasteiger partial charge < -0.3 is 15.4 Å². The fraction of sp³-hybridized carbons (Fsp3) is 0.588. The molecule has 0 spiro atoms. The van der Waals surface area contributed by atoms with E-state index in [1.54, 1.807) is 7.11 Å². The molecule has 1 rings (SSSR count). The zero-order chi connectivity index (χ0) is 18.0. The van der Waals surface area contributed by atoms with Gasteiger partial charge in [-0.2, -0.15) is 0 Å². The third-order valence-corrected chi connectivity index (χ3v) is 4.44. The lowest BCUT2D eigenvalue weighted by Gasteiger charge is -2.13. The second-order valence-corrected chi connectivity index (χ2v) is 8.00. The van der Waals surface area contributed by atoms with Gasteiger partial charge in [-0.1, -0.05) is 17.7 Å².